The minimum Gasteiger partial charge on any atom is -0.393 e. The standard InChI is InChI=1S/C16H31NO/c1-4-17(11-13-6-5-7-13)12-14-10-16(2,3)9-8-15(14)18/h13-15,18H,4-12H2,1-3H3. The molecule has 0 spiro atoms. The van der Waals surface area contributed by atoms with Crippen molar-refractivity contribution in [2.24, 2.45) is 17.3 Å². The van der Waals surface area contributed by atoms with Crippen molar-refractivity contribution in [3.8, 4) is 0 Å². The highest BCUT2D eigenvalue weighted by molar-refractivity contribution is 4.87. The van der Waals surface area contributed by atoms with Crippen LogP contribution in [0, 0.1) is 17.3 Å². The van der Waals surface area contributed by atoms with Gasteiger partial charge in [0.1, 0.15) is 0 Å². The number of aliphatic hydroxyl groups excluding tert-OH is 1. The van der Waals surface area contributed by atoms with Crippen LogP contribution in [0.1, 0.15) is 59.3 Å². The number of hydrogen-bond acceptors (Lipinski definition) is 2. The van der Waals surface area contributed by atoms with Crippen molar-refractivity contribution in [1.29, 1.82) is 0 Å². The molecule has 0 aromatic rings. The Bertz CT molecular complexity index is 260. The Hall–Kier alpha value is -0.0800. The fraction of sp³-hybridized carbons (Fsp3) is 1.00. The van der Waals surface area contributed by atoms with Crippen molar-refractivity contribution in [1.82, 2.24) is 4.90 Å². The smallest absolute Gasteiger partial charge is 0.0581 e. The lowest BCUT2D eigenvalue weighted by Gasteiger charge is -2.41. The highest BCUT2D eigenvalue weighted by atomic mass is 16.3. The molecule has 0 aromatic carbocycles. The second-order valence-electron chi connectivity index (χ2n) is 7.38. The topological polar surface area (TPSA) is 23.5 Å². The molecule has 0 amide bonds. The highest BCUT2D eigenvalue weighted by Crippen LogP contribution is 2.39. The minimum absolute atomic E-state index is 0.0616. The third kappa shape index (κ3) is 3.71. The lowest BCUT2D eigenvalue weighted by Crippen LogP contribution is -2.43. The normalized spacial score (nSPS) is 32.5. The maximum Gasteiger partial charge on any atom is 0.0581 e. The molecule has 2 rings (SSSR count). The molecule has 0 saturated heterocycles. The molecular formula is C16H31NO. The number of rotatable bonds is 5. The van der Waals surface area contributed by atoms with E-state index in [1.54, 1.807) is 0 Å². The quantitative estimate of drug-likeness (QED) is 0.812. The predicted octanol–water partition coefficient (Wildman–Crippen LogP) is 3.30. The van der Waals surface area contributed by atoms with E-state index in [2.05, 4.69) is 25.7 Å². The zero-order valence-corrected chi connectivity index (χ0v) is 12.5. The summed E-state index contributed by atoms with van der Waals surface area (Å²) in [5, 5.41) is 10.2. The van der Waals surface area contributed by atoms with Gasteiger partial charge in [0.25, 0.3) is 0 Å². The zero-order valence-electron chi connectivity index (χ0n) is 12.5. The molecule has 2 unspecified atom stereocenters. The maximum atomic E-state index is 10.2. The van der Waals surface area contributed by atoms with E-state index in [4.69, 9.17) is 0 Å². The summed E-state index contributed by atoms with van der Waals surface area (Å²) >= 11 is 0. The largest absolute Gasteiger partial charge is 0.393 e. The van der Waals surface area contributed by atoms with E-state index in [1.165, 1.54) is 38.6 Å². The van der Waals surface area contributed by atoms with Gasteiger partial charge in [-0.1, -0.05) is 27.2 Å². The number of hydrogen-bond donors (Lipinski definition) is 1. The van der Waals surface area contributed by atoms with Gasteiger partial charge in [-0.15, -0.1) is 0 Å². The first-order valence-corrected chi connectivity index (χ1v) is 7.90. The van der Waals surface area contributed by atoms with Crippen LogP contribution in [0.3, 0.4) is 0 Å². The van der Waals surface area contributed by atoms with E-state index in [1.807, 2.05) is 0 Å². The minimum atomic E-state index is -0.0616. The summed E-state index contributed by atoms with van der Waals surface area (Å²) in [6.07, 6.45) is 7.59. The Kier molecular flexibility index (Phi) is 4.71. The van der Waals surface area contributed by atoms with Crippen molar-refractivity contribution >= 4 is 0 Å². The summed E-state index contributed by atoms with van der Waals surface area (Å²) < 4.78 is 0. The molecular weight excluding hydrogens is 222 g/mol. The van der Waals surface area contributed by atoms with Crippen molar-refractivity contribution in [2.45, 2.75) is 65.4 Å². The molecule has 1 N–H and O–H groups in total. The van der Waals surface area contributed by atoms with Crippen LogP contribution in [-0.2, 0) is 0 Å². The summed E-state index contributed by atoms with van der Waals surface area (Å²) in [4.78, 5) is 2.58. The average Bonchev–Trinajstić information content (AvgIpc) is 2.26. The maximum absolute atomic E-state index is 10.2. The molecule has 2 saturated carbocycles. The van der Waals surface area contributed by atoms with E-state index in [9.17, 15) is 5.11 Å². The molecule has 0 heterocycles. The van der Waals surface area contributed by atoms with Crippen LogP contribution in [-0.4, -0.2) is 35.7 Å². The lowest BCUT2D eigenvalue weighted by molar-refractivity contribution is 0.000945. The van der Waals surface area contributed by atoms with Gasteiger partial charge in [0.2, 0.25) is 0 Å². The van der Waals surface area contributed by atoms with Gasteiger partial charge in [0.05, 0.1) is 6.10 Å². The first-order chi connectivity index (χ1) is 8.50. The van der Waals surface area contributed by atoms with Crippen LogP contribution < -0.4 is 0 Å². The highest BCUT2D eigenvalue weighted by Gasteiger charge is 2.35. The molecule has 0 aliphatic heterocycles. The van der Waals surface area contributed by atoms with Gasteiger partial charge in [-0.2, -0.15) is 0 Å². The van der Waals surface area contributed by atoms with E-state index >= 15 is 0 Å². The Morgan fingerprint density at radius 1 is 1.17 bits per heavy atom. The van der Waals surface area contributed by atoms with Gasteiger partial charge in [-0.3, -0.25) is 0 Å². The van der Waals surface area contributed by atoms with Crippen molar-refractivity contribution < 1.29 is 5.11 Å². The van der Waals surface area contributed by atoms with Gasteiger partial charge in [-0.05, 0) is 55.9 Å². The van der Waals surface area contributed by atoms with E-state index in [-0.39, 0.29) is 6.10 Å². The fourth-order valence-electron chi connectivity index (χ4n) is 3.61. The number of aliphatic hydroxyl groups is 1. The third-order valence-corrected chi connectivity index (χ3v) is 5.16. The third-order valence-electron chi connectivity index (χ3n) is 5.16. The Labute approximate surface area is 113 Å². The molecule has 2 nitrogen and oxygen atoms in total. The Balaban J connectivity index is 1.84. The van der Waals surface area contributed by atoms with Crippen LogP contribution in [0.25, 0.3) is 0 Å². The molecule has 2 aliphatic carbocycles. The van der Waals surface area contributed by atoms with Crippen LogP contribution in [0.2, 0.25) is 0 Å². The van der Waals surface area contributed by atoms with Gasteiger partial charge in [0.15, 0.2) is 0 Å². The van der Waals surface area contributed by atoms with E-state index in [0.29, 0.717) is 11.3 Å². The molecule has 2 heteroatoms. The molecule has 2 fully saturated rings. The Morgan fingerprint density at radius 2 is 1.89 bits per heavy atom. The summed E-state index contributed by atoms with van der Waals surface area (Å²) in [6.45, 7) is 10.5. The molecule has 18 heavy (non-hydrogen) atoms. The van der Waals surface area contributed by atoms with Gasteiger partial charge >= 0.3 is 0 Å². The van der Waals surface area contributed by atoms with Gasteiger partial charge in [0, 0.05) is 13.1 Å². The van der Waals surface area contributed by atoms with Crippen LogP contribution in [0.4, 0.5) is 0 Å². The summed E-state index contributed by atoms with van der Waals surface area (Å²) in [7, 11) is 0. The predicted molar refractivity (Wildman–Crippen MR) is 76.6 cm³/mol. The SMILES string of the molecule is CCN(CC1CCC1)CC1CC(C)(C)CCC1O. The van der Waals surface area contributed by atoms with E-state index in [0.717, 1.165) is 25.4 Å². The van der Waals surface area contributed by atoms with Crippen molar-refractivity contribution in [3.63, 3.8) is 0 Å². The first kappa shape index (κ1) is 14.3. The molecule has 0 bridgehead atoms. The molecule has 2 atom stereocenters. The summed E-state index contributed by atoms with van der Waals surface area (Å²) in [6, 6.07) is 0. The van der Waals surface area contributed by atoms with E-state index < -0.39 is 0 Å². The van der Waals surface area contributed by atoms with Crippen LogP contribution in [0.5, 0.6) is 0 Å². The van der Waals surface area contributed by atoms with Gasteiger partial charge < -0.3 is 10.0 Å². The van der Waals surface area contributed by atoms with Crippen LogP contribution in [0.15, 0.2) is 0 Å². The molecule has 106 valence electrons. The summed E-state index contributed by atoms with van der Waals surface area (Å²) in [5.74, 6) is 1.44. The monoisotopic (exact) mass is 253 g/mol. The second-order valence-corrected chi connectivity index (χ2v) is 7.38. The Morgan fingerprint density at radius 3 is 2.44 bits per heavy atom. The average molecular weight is 253 g/mol. The molecule has 2 aliphatic rings. The summed E-state index contributed by atoms with van der Waals surface area (Å²) in [5.41, 5.74) is 0.430. The van der Waals surface area contributed by atoms with Crippen LogP contribution >= 0.6 is 0 Å². The second kappa shape index (κ2) is 5.92. The molecule has 0 radical (unpaired) electrons. The first-order valence-electron chi connectivity index (χ1n) is 7.90. The lowest BCUT2D eigenvalue weighted by atomic mass is 9.70. The van der Waals surface area contributed by atoms with Gasteiger partial charge in [-0.25, -0.2) is 0 Å². The van der Waals surface area contributed by atoms with Crippen molar-refractivity contribution in [3.05, 3.63) is 0 Å². The zero-order chi connectivity index (χ0) is 13.2. The number of nitrogens with zero attached hydrogens (tertiary/aromatic N) is 1. The fourth-order valence-corrected chi connectivity index (χ4v) is 3.61. The molecule has 0 aromatic heterocycles. The van der Waals surface area contributed by atoms with Crippen molar-refractivity contribution in [2.75, 3.05) is 19.6 Å².